The summed E-state index contributed by atoms with van der Waals surface area (Å²) >= 11 is 0. The maximum absolute atomic E-state index is 12.8. The number of para-hydroxylation sites is 1. The minimum Gasteiger partial charge on any atom is -0.497 e. The molecule has 0 fully saturated rings. The molecule has 1 atom stereocenters. The van der Waals surface area contributed by atoms with E-state index in [0.717, 1.165) is 28.1 Å². The van der Waals surface area contributed by atoms with Gasteiger partial charge in [0, 0.05) is 11.3 Å². The number of urea groups is 1. The van der Waals surface area contributed by atoms with Gasteiger partial charge >= 0.3 is 6.03 Å². The van der Waals surface area contributed by atoms with Crippen LogP contribution in [0, 0.1) is 0 Å². The van der Waals surface area contributed by atoms with E-state index in [1.54, 1.807) is 14.2 Å². The summed E-state index contributed by atoms with van der Waals surface area (Å²) in [5.41, 5.74) is 4.02. The second-order valence-electron chi connectivity index (χ2n) is 7.55. The molecular weight excluding hydrogens is 352 g/mol. The van der Waals surface area contributed by atoms with Crippen LogP contribution < -0.4 is 20.1 Å². The van der Waals surface area contributed by atoms with Crippen molar-refractivity contribution in [2.45, 2.75) is 52.5 Å². The van der Waals surface area contributed by atoms with Gasteiger partial charge in [0.15, 0.2) is 0 Å². The lowest BCUT2D eigenvalue weighted by atomic mass is 9.93. The molecule has 0 aliphatic rings. The van der Waals surface area contributed by atoms with E-state index in [0.29, 0.717) is 17.6 Å². The third-order valence-corrected chi connectivity index (χ3v) is 4.86. The fourth-order valence-corrected chi connectivity index (χ4v) is 3.30. The quantitative estimate of drug-likeness (QED) is 0.631. The molecule has 2 aromatic carbocycles. The molecule has 28 heavy (non-hydrogen) atoms. The number of benzene rings is 2. The molecule has 0 aliphatic carbocycles. The van der Waals surface area contributed by atoms with Gasteiger partial charge in [0.25, 0.3) is 0 Å². The number of nitrogens with one attached hydrogen (secondary N) is 2. The van der Waals surface area contributed by atoms with E-state index in [1.807, 2.05) is 25.1 Å². The van der Waals surface area contributed by atoms with Gasteiger partial charge in [0.2, 0.25) is 0 Å². The molecule has 2 N–H and O–H groups in total. The van der Waals surface area contributed by atoms with E-state index in [9.17, 15) is 4.79 Å². The topological polar surface area (TPSA) is 59.6 Å². The molecule has 152 valence electrons. The van der Waals surface area contributed by atoms with Gasteiger partial charge in [-0.3, -0.25) is 0 Å². The van der Waals surface area contributed by atoms with Gasteiger partial charge in [0.05, 0.1) is 20.3 Å². The maximum Gasteiger partial charge on any atom is 0.319 e. The van der Waals surface area contributed by atoms with Crippen molar-refractivity contribution in [1.29, 1.82) is 0 Å². The molecule has 2 amide bonds. The summed E-state index contributed by atoms with van der Waals surface area (Å²) < 4.78 is 10.7. The zero-order valence-corrected chi connectivity index (χ0v) is 17.9. The maximum atomic E-state index is 12.8. The number of amides is 2. The number of anilines is 1. The average Bonchev–Trinajstić information content (AvgIpc) is 2.66. The first-order valence-corrected chi connectivity index (χ1v) is 9.70. The Balaban J connectivity index is 2.26. The van der Waals surface area contributed by atoms with Gasteiger partial charge < -0.3 is 20.1 Å². The highest BCUT2D eigenvalue weighted by atomic mass is 16.5. The van der Waals surface area contributed by atoms with Gasteiger partial charge in [-0.25, -0.2) is 4.79 Å². The smallest absolute Gasteiger partial charge is 0.319 e. The van der Waals surface area contributed by atoms with Crippen molar-refractivity contribution < 1.29 is 14.3 Å². The van der Waals surface area contributed by atoms with Crippen molar-refractivity contribution in [2.24, 2.45) is 0 Å². The second kappa shape index (κ2) is 9.49. The molecule has 5 heteroatoms. The minimum atomic E-state index is -0.251. The fourth-order valence-electron chi connectivity index (χ4n) is 3.30. The van der Waals surface area contributed by atoms with Crippen LogP contribution in [0.2, 0.25) is 0 Å². The van der Waals surface area contributed by atoms with E-state index in [4.69, 9.17) is 9.47 Å². The standard InChI is InChI=1S/C23H32N2O3/c1-14(2)18-9-8-10-19(15(3)4)22(18)25-23(26)24-16(5)20-13-17(27-6)11-12-21(20)28-7/h8-16H,1-7H3,(H2,24,25,26). The minimum absolute atomic E-state index is 0.243. The van der Waals surface area contributed by atoms with Crippen LogP contribution >= 0.6 is 0 Å². The highest BCUT2D eigenvalue weighted by Gasteiger charge is 2.19. The van der Waals surface area contributed by atoms with Crippen LogP contribution in [-0.4, -0.2) is 20.3 Å². The molecule has 0 bridgehead atoms. The average molecular weight is 385 g/mol. The zero-order chi connectivity index (χ0) is 20.8. The first kappa shape index (κ1) is 21.6. The third-order valence-electron chi connectivity index (χ3n) is 4.86. The van der Waals surface area contributed by atoms with E-state index >= 15 is 0 Å². The Morgan fingerprint density at radius 3 is 1.96 bits per heavy atom. The van der Waals surface area contributed by atoms with Gasteiger partial charge in [-0.15, -0.1) is 0 Å². The summed E-state index contributed by atoms with van der Waals surface area (Å²) in [4.78, 5) is 12.8. The lowest BCUT2D eigenvalue weighted by Gasteiger charge is -2.22. The Labute approximate surface area is 168 Å². The normalized spacial score (nSPS) is 12.0. The SMILES string of the molecule is COc1ccc(OC)c(C(C)NC(=O)Nc2c(C(C)C)cccc2C(C)C)c1. The van der Waals surface area contributed by atoms with Gasteiger partial charge in [-0.2, -0.15) is 0 Å². The van der Waals surface area contributed by atoms with E-state index < -0.39 is 0 Å². The third kappa shape index (κ3) is 4.97. The van der Waals surface area contributed by atoms with Crippen LogP contribution in [0.5, 0.6) is 11.5 Å². The monoisotopic (exact) mass is 384 g/mol. The summed E-state index contributed by atoms with van der Waals surface area (Å²) in [6.45, 7) is 10.5. The van der Waals surface area contributed by atoms with Crippen molar-refractivity contribution in [3.63, 3.8) is 0 Å². The van der Waals surface area contributed by atoms with Crippen LogP contribution in [0.15, 0.2) is 36.4 Å². The Bertz CT molecular complexity index is 789. The largest absolute Gasteiger partial charge is 0.497 e. The van der Waals surface area contributed by atoms with Crippen LogP contribution in [0.25, 0.3) is 0 Å². The van der Waals surface area contributed by atoms with Crippen molar-refractivity contribution in [3.05, 3.63) is 53.1 Å². The molecule has 0 saturated heterocycles. The van der Waals surface area contributed by atoms with Crippen molar-refractivity contribution in [1.82, 2.24) is 5.32 Å². The second-order valence-corrected chi connectivity index (χ2v) is 7.55. The molecule has 0 spiro atoms. The van der Waals surface area contributed by atoms with Crippen LogP contribution in [0.4, 0.5) is 10.5 Å². The van der Waals surface area contributed by atoms with E-state index in [-0.39, 0.29) is 12.1 Å². The Kier molecular flexibility index (Phi) is 7.32. The lowest BCUT2D eigenvalue weighted by Crippen LogP contribution is -2.32. The molecule has 0 radical (unpaired) electrons. The summed E-state index contributed by atoms with van der Waals surface area (Å²) in [6, 6.07) is 11.3. The molecule has 2 rings (SSSR count). The number of methoxy groups -OCH3 is 2. The van der Waals surface area contributed by atoms with Crippen molar-refractivity contribution in [2.75, 3.05) is 19.5 Å². The number of ether oxygens (including phenoxy) is 2. The molecule has 2 aromatic rings. The summed E-state index contributed by atoms with van der Waals surface area (Å²) in [5, 5.41) is 6.10. The van der Waals surface area contributed by atoms with Crippen molar-refractivity contribution >= 4 is 11.7 Å². The van der Waals surface area contributed by atoms with Crippen molar-refractivity contribution in [3.8, 4) is 11.5 Å². The lowest BCUT2D eigenvalue weighted by molar-refractivity contribution is 0.249. The number of carbonyl (C=O) groups is 1. The van der Waals surface area contributed by atoms with Crippen LogP contribution in [-0.2, 0) is 0 Å². The predicted octanol–water partition coefficient (Wildman–Crippen LogP) is 5.83. The molecule has 0 heterocycles. The summed E-state index contributed by atoms with van der Waals surface area (Å²) in [6.07, 6.45) is 0. The molecule has 0 aromatic heterocycles. The summed E-state index contributed by atoms with van der Waals surface area (Å²) in [5.74, 6) is 2.05. The predicted molar refractivity (Wildman–Crippen MR) is 115 cm³/mol. The van der Waals surface area contributed by atoms with Crippen LogP contribution in [0.3, 0.4) is 0 Å². The highest BCUT2D eigenvalue weighted by Crippen LogP contribution is 2.33. The Morgan fingerprint density at radius 1 is 0.857 bits per heavy atom. The Morgan fingerprint density at radius 2 is 1.46 bits per heavy atom. The Hall–Kier alpha value is -2.69. The first-order chi connectivity index (χ1) is 13.3. The molecule has 0 saturated carbocycles. The van der Waals surface area contributed by atoms with E-state index in [2.05, 4.69) is 56.5 Å². The van der Waals surface area contributed by atoms with Gasteiger partial charge in [-0.1, -0.05) is 45.9 Å². The zero-order valence-electron chi connectivity index (χ0n) is 17.9. The molecule has 1 unspecified atom stereocenters. The number of carbonyl (C=O) groups excluding carboxylic acids is 1. The summed E-state index contributed by atoms with van der Waals surface area (Å²) in [7, 11) is 3.23. The molecule has 5 nitrogen and oxygen atoms in total. The van der Waals surface area contributed by atoms with Gasteiger partial charge in [0.1, 0.15) is 11.5 Å². The highest BCUT2D eigenvalue weighted by molar-refractivity contribution is 5.91. The number of hydrogen-bond acceptors (Lipinski definition) is 3. The van der Waals surface area contributed by atoms with Gasteiger partial charge in [-0.05, 0) is 48.1 Å². The first-order valence-electron chi connectivity index (χ1n) is 9.70. The number of hydrogen-bond donors (Lipinski definition) is 2. The fraction of sp³-hybridized carbons (Fsp3) is 0.435. The van der Waals surface area contributed by atoms with E-state index in [1.165, 1.54) is 0 Å². The molecule has 0 aliphatic heterocycles. The number of rotatable bonds is 7. The molecular formula is C23H32N2O3. The van der Waals surface area contributed by atoms with Crippen LogP contribution in [0.1, 0.15) is 69.2 Å².